The quantitative estimate of drug-likeness (QED) is 0.0434. The Labute approximate surface area is 742 Å². The van der Waals surface area contributed by atoms with Gasteiger partial charge in [0.15, 0.2) is 0 Å². The SMILES string of the molecule is CCC(C)(C)C(=O)OC12CC3(C)CC(C)(CC(O)(C3)C1)C2.CCC(C)(C)C(=O)OC12CC3CC(CC(O)(C3)C1)C2.CCC(C)C(=O)OC12CC3(C)CC(C)(CC(O)(C3)C1)C2.CCC(C)C(=O)OC12CC3(O)CC(CC)(CC(CC)(C3)C1)C2.CCC(C)C(=O)OC12CC3CC(CC(O)(C3)C1)C2.CCC12CC3(O)CC(CC)(C1)CC(OC(=O)C(C)(C)CC)(C3)C2. The van der Waals surface area contributed by atoms with E-state index in [9.17, 15) is 59.4 Å². The summed E-state index contributed by atoms with van der Waals surface area (Å²) in [5, 5.41) is 65.5. The summed E-state index contributed by atoms with van der Waals surface area (Å²) < 4.78 is 36.3. The molecule has 0 aromatic carbocycles. The first-order valence-electron chi connectivity index (χ1n) is 50.2. The van der Waals surface area contributed by atoms with Gasteiger partial charge in [-0.2, -0.15) is 0 Å². The minimum absolute atomic E-state index is 0.0207. The fraction of sp³-hybridized carbons (Fsp3) is 0.943. The van der Waals surface area contributed by atoms with Crippen LogP contribution in [0.4, 0.5) is 0 Å². The second kappa shape index (κ2) is 32.2. The third-order valence-electron chi connectivity index (χ3n) is 37.6. The summed E-state index contributed by atoms with van der Waals surface area (Å²) in [7, 11) is 0. The van der Waals surface area contributed by atoms with Gasteiger partial charge >= 0.3 is 35.8 Å². The normalized spacial score (nSPS) is 47.3. The Kier molecular flexibility index (Phi) is 25.4. The van der Waals surface area contributed by atoms with Crippen LogP contribution in [-0.4, -0.2) is 134 Å². The van der Waals surface area contributed by atoms with Crippen molar-refractivity contribution in [3.63, 3.8) is 0 Å². The van der Waals surface area contributed by atoms with Gasteiger partial charge in [-0.25, -0.2) is 0 Å². The van der Waals surface area contributed by atoms with Crippen LogP contribution >= 0.6 is 0 Å². The van der Waals surface area contributed by atoms with Crippen LogP contribution in [0, 0.1) is 101 Å². The number of esters is 6. The predicted molar refractivity (Wildman–Crippen MR) is 477 cm³/mol. The highest BCUT2D eigenvalue weighted by Crippen LogP contribution is 2.75. The van der Waals surface area contributed by atoms with Crippen LogP contribution in [-0.2, 0) is 57.2 Å². The lowest BCUT2D eigenvalue weighted by molar-refractivity contribution is -0.272. The second-order valence-electron chi connectivity index (χ2n) is 52.3. The van der Waals surface area contributed by atoms with E-state index in [2.05, 4.69) is 55.4 Å². The van der Waals surface area contributed by atoms with E-state index in [1.807, 2.05) is 104 Å². The van der Waals surface area contributed by atoms with Crippen LogP contribution in [0.3, 0.4) is 0 Å². The van der Waals surface area contributed by atoms with Gasteiger partial charge in [0.1, 0.15) is 33.6 Å². The van der Waals surface area contributed by atoms with Crippen LogP contribution in [0.5, 0.6) is 0 Å². The maximum Gasteiger partial charge on any atom is 0.312 e. The molecule has 24 rings (SSSR count). The summed E-state index contributed by atoms with van der Waals surface area (Å²) in [5.41, 5.74) is -6.06. The molecular formula is C105H174O18. The molecule has 6 N–H and O–H groups in total. The molecule has 702 valence electrons. The molecule has 15 atom stereocenters. The largest absolute Gasteiger partial charge is 0.459 e. The minimum atomic E-state index is -0.630. The van der Waals surface area contributed by atoms with Gasteiger partial charge in [-0.15, -0.1) is 0 Å². The average molecular weight is 1720 g/mol. The molecule has 0 aromatic heterocycles. The van der Waals surface area contributed by atoms with Crippen LogP contribution in [0.1, 0.15) is 455 Å². The van der Waals surface area contributed by atoms with Gasteiger partial charge < -0.3 is 59.1 Å². The molecular weight excluding hydrogens is 1550 g/mol. The minimum Gasteiger partial charge on any atom is -0.459 e. The first-order chi connectivity index (χ1) is 56.5. The highest BCUT2D eigenvalue weighted by molar-refractivity contribution is 5.78. The Balaban J connectivity index is 0.000000127. The van der Waals surface area contributed by atoms with Crippen molar-refractivity contribution < 1.29 is 87.8 Å². The lowest BCUT2D eigenvalue weighted by atomic mass is 9.40. The van der Waals surface area contributed by atoms with E-state index in [1.54, 1.807) is 0 Å². The highest BCUT2D eigenvalue weighted by Gasteiger charge is 2.73. The molecule has 24 aliphatic rings. The lowest BCUT2D eigenvalue weighted by Crippen LogP contribution is -2.68. The Bertz CT molecular complexity index is 3760. The van der Waals surface area contributed by atoms with Crippen LogP contribution < -0.4 is 0 Å². The number of rotatable bonds is 22. The fourth-order valence-corrected chi connectivity index (χ4v) is 34.2. The van der Waals surface area contributed by atoms with Gasteiger partial charge in [0.05, 0.1) is 67.6 Å². The third-order valence-corrected chi connectivity index (χ3v) is 37.6. The first kappa shape index (κ1) is 97.1. The molecule has 0 heterocycles. The van der Waals surface area contributed by atoms with Crippen molar-refractivity contribution in [3.8, 4) is 0 Å². The van der Waals surface area contributed by atoms with Gasteiger partial charge in [0.2, 0.25) is 0 Å². The van der Waals surface area contributed by atoms with Crippen molar-refractivity contribution in [1.29, 1.82) is 0 Å². The maximum atomic E-state index is 12.8. The third kappa shape index (κ3) is 19.5. The zero-order chi connectivity index (χ0) is 90.8. The van der Waals surface area contributed by atoms with E-state index in [0.717, 1.165) is 231 Å². The summed E-state index contributed by atoms with van der Waals surface area (Å²) in [4.78, 5) is 74.5. The molecule has 0 radical (unpaired) electrons. The number of carbonyl (C=O) groups is 6. The average Bonchev–Trinajstić information content (AvgIpc) is 0.702. The Morgan fingerprint density at radius 2 is 0.480 bits per heavy atom. The van der Waals surface area contributed by atoms with Gasteiger partial charge in [0.25, 0.3) is 0 Å². The summed E-state index contributed by atoms with van der Waals surface area (Å²) in [5.74, 6) is 1.68. The maximum absolute atomic E-state index is 12.8. The van der Waals surface area contributed by atoms with Crippen LogP contribution in [0.2, 0.25) is 0 Å². The van der Waals surface area contributed by atoms with Crippen molar-refractivity contribution in [1.82, 2.24) is 0 Å². The molecule has 0 spiro atoms. The Morgan fingerprint density at radius 3 is 0.715 bits per heavy atom. The summed E-state index contributed by atoms with van der Waals surface area (Å²) in [6.07, 6.45) is 42.4. The van der Waals surface area contributed by atoms with Crippen LogP contribution in [0.15, 0.2) is 0 Å². The molecule has 24 aliphatic carbocycles. The van der Waals surface area contributed by atoms with E-state index in [-0.39, 0.29) is 108 Å². The molecule has 24 bridgehead atoms. The fourth-order valence-electron chi connectivity index (χ4n) is 34.2. The van der Waals surface area contributed by atoms with Gasteiger partial charge in [-0.05, 0) is 340 Å². The first-order valence-corrected chi connectivity index (χ1v) is 50.2. The van der Waals surface area contributed by atoms with E-state index >= 15 is 0 Å². The van der Waals surface area contributed by atoms with Crippen molar-refractivity contribution in [2.45, 2.75) is 522 Å². The predicted octanol–water partition coefficient (Wildman–Crippen LogP) is 21.8. The van der Waals surface area contributed by atoms with Crippen molar-refractivity contribution in [2.75, 3.05) is 0 Å². The molecule has 15 unspecified atom stereocenters. The molecule has 0 aromatic rings. The van der Waals surface area contributed by atoms with E-state index in [4.69, 9.17) is 28.4 Å². The number of carbonyl (C=O) groups excluding carboxylic acids is 6. The van der Waals surface area contributed by atoms with E-state index < -0.39 is 72.3 Å². The Hall–Kier alpha value is -3.42. The molecule has 0 saturated heterocycles. The number of hydrogen-bond acceptors (Lipinski definition) is 18. The van der Waals surface area contributed by atoms with Gasteiger partial charge in [0, 0.05) is 38.5 Å². The van der Waals surface area contributed by atoms with Crippen molar-refractivity contribution in [3.05, 3.63) is 0 Å². The van der Waals surface area contributed by atoms with E-state index in [1.165, 1.54) is 25.7 Å². The van der Waals surface area contributed by atoms with E-state index in [0.29, 0.717) is 62.2 Å². The number of hydrogen-bond donors (Lipinski definition) is 6. The Morgan fingerprint density at radius 1 is 0.268 bits per heavy atom. The number of aliphatic hydroxyl groups is 6. The monoisotopic (exact) mass is 1720 g/mol. The molecule has 0 amide bonds. The molecule has 0 aliphatic heterocycles. The highest BCUT2D eigenvalue weighted by atomic mass is 16.6. The molecule has 24 fully saturated rings. The zero-order valence-corrected chi connectivity index (χ0v) is 81.7. The van der Waals surface area contributed by atoms with Crippen molar-refractivity contribution in [2.24, 2.45) is 101 Å². The topological polar surface area (TPSA) is 279 Å². The van der Waals surface area contributed by atoms with Gasteiger partial charge in [-0.3, -0.25) is 28.8 Å². The van der Waals surface area contributed by atoms with Gasteiger partial charge in [-0.1, -0.05) is 143 Å². The molecule has 123 heavy (non-hydrogen) atoms. The number of ether oxygens (including phenoxy) is 6. The molecule has 18 heteroatoms. The standard InChI is InChI=1S/C20H34O3.C19H32O3.C18H30O3.C17H28O3.C16H26O3.C15H24O3/c1-6-16(4,5)15(21)23-20-12-17(7-2)9-18(8-3,13-20)11-19(22,10-17)14-20;1-5-14(4)15(20)22-19-11-16(6-2)8-17(7-3,12-19)10-18(21,9-16)13-19;1-6-14(2,3)13(19)21-18-10-15(4)7-16(5,11-18)9-17(20,8-15)12-18;1-5-12(2)13(18)20-17-9-14(3)6-15(4,10-17)8-16(19,7-14)11-17;1-4-14(2,3)13(17)19-16-8-11-5-12(9-16)7-15(18,6-11)10-16;1-3-10(2)13(16)18-15-7-11-4-12(8-15)6-14(17,5-11)9-15/h22H,6-14H2,1-5H3;14,21H,5-13H2,1-4H3;20H,6-12H2,1-5H3;12,19H,5-11H2,1-4H3;11-12,18H,4-10H2,1-3H3;10-12,17H,3-9H2,1-2H3. The summed E-state index contributed by atoms with van der Waals surface area (Å²) >= 11 is 0. The zero-order valence-electron chi connectivity index (χ0n) is 81.7. The second-order valence-corrected chi connectivity index (χ2v) is 52.3. The lowest BCUT2D eigenvalue weighted by Gasteiger charge is -2.68. The smallest absolute Gasteiger partial charge is 0.312 e. The van der Waals surface area contributed by atoms with Crippen molar-refractivity contribution >= 4 is 35.8 Å². The van der Waals surface area contributed by atoms with Crippen LogP contribution in [0.25, 0.3) is 0 Å². The molecule has 24 saturated carbocycles. The summed E-state index contributed by atoms with van der Waals surface area (Å²) in [6.45, 7) is 47.7. The summed E-state index contributed by atoms with van der Waals surface area (Å²) in [6, 6.07) is 0. The molecule has 18 nitrogen and oxygen atoms in total.